The van der Waals surface area contributed by atoms with Gasteiger partial charge in [0.05, 0.1) is 6.10 Å². The molecular formula is C15H30N2O2. The molecule has 1 rings (SSSR count). The van der Waals surface area contributed by atoms with Crippen LogP contribution < -0.4 is 11.1 Å². The fraction of sp³-hybridized carbons (Fsp3) is 0.933. The third kappa shape index (κ3) is 7.53. The van der Waals surface area contributed by atoms with E-state index in [1.165, 1.54) is 12.8 Å². The zero-order valence-electron chi connectivity index (χ0n) is 12.5. The molecule has 1 aliphatic heterocycles. The minimum absolute atomic E-state index is 0.131. The van der Waals surface area contributed by atoms with Gasteiger partial charge in [0.25, 0.3) is 0 Å². The van der Waals surface area contributed by atoms with Gasteiger partial charge in [0.1, 0.15) is 0 Å². The van der Waals surface area contributed by atoms with Gasteiger partial charge in [0.15, 0.2) is 0 Å². The van der Waals surface area contributed by atoms with Crippen molar-refractivity contribution < 1.29 is 9.53 Å². The first kappa shape index (κ1) is 16.4. The van der Waals surface area contributed by atoms with Gasteiger partial charge in [-0.3, -0.25) is 4.79 Å². The predicted molar refractivity (Wildman–Crippen MR) is 77.8 cm³/mol. The first-order valence-electron chi connectivity index (χ1n) is 7.70. The van der Waals surface area contributed by atoms with Crippen molar-refractivity contribution in [3.8, 4) is 0 Å². The topological polar surface area (TPSA) is 64.4 Å². The quantitative estimate of drug-likeness (QED) is 0.709. The maximum atomic E-state index is 11.8. The Kier molecular flexibility index (Phi) is 8.07. The summed E-state index contributed by atoms with van der Waals surface area (Å²) in [5.41, 5.74) is 5.71. The highest BCUT2D eigenvalue weighted by molar-refractivity contribution is 5.76. The van der Waals surface area contributed by atoms with Gasteiger partial charge in [-0.1, -0.05) is 13.8 Å². The lowest BCUT2D eigenvalue weighted by Crippen LogP contribution is -2.32. The molecule has 0 aromatic heterocycles. The lowest BCUT2D eigenvalue weighted by Gasteiger charge is -2.22. The van der Waals surface area contributed by atoms with Crippen LogP contribution in [0.2, 0.25) is 0 Å². The average molecular weight is 270 g/mol. The summed E-state index contributed by atoms with van der Waals surface area (Å²) >= 11 is 0. The van der Waals surface area contributed by atoms with Crippen LogP contribution in [0.25, 0.3) is 0 Å². The number of nitrogens with one attached hydrogen (secondary N) is 1. The van der Waals surface area contributed by atoms with Crippen molar-refractivity contribution in [3.63, 3.8) is 0 Å². The van der Waals surface area contributed by atoms with Crippen LogP contribution in [0, 0.1) is 11.8 Å². The molecule has 1 aliphatic rings. The lowest BCUT2D eigenvalue weighted by atomic mass is 9.94. The first-order valence-corrected chi connectivity index (χ1v) is 7.70. The zero-order valence-corrected chi connectivity index (χ0v) is 12.5. The van der Waals surface area contributed by atoms with E-state index in [1.807, 2.05) is 0 Å². The van der Waals surface area contributed by atoms with Gasteiger partial charge < -0.3 is 15.8 Å². The van der Waals surface area contributed by atoms with Gasteiger partial charge in [-0.25, -0.2) is 0 Å². The Morgan fingerprint density at radius 2 is 2.21 bits per heavy atom. The molecule has 1 heterocycles. The number of nitrogens with two attached hydrogens (primary N) is 1. The van der Waals surface area contributed by atoms with E-state index in [2.05, 4.69) is 19.2 Å². The number of hydrogen-bond donors (Lipinski definition) is 2. The molecule has 2 atom stereocenters. The molecule has 0 saturated carbocycles. The fourth-order valence-electron chi connectivity index (χ4n) is 2.67. The highest BCUT2D eigenvalue weighted by Gasteiger charge is 2.16. The SMILES string of the molecule is CC(C)CC(CN)CC(=O)NCCC1CCCCO1. The van der Waals surface area contributed by atoms with Crippen LogP contribution >= 0.6 is 0 Å². The summed E-state index contributed by atoms with van der Waals surface area (Å²) in [6.45, 7) is 6.53. The lowest BCUT2D eigenvalue weighted by molar-refractivity contribution is -0.122. The molecule has 0 radical (unpaired) electrons. The molecule has 1 saturated heterocycles. The Balaban J connectivity index is 2.12. The van der Waals surface area contributed by atoms with Crippen LogP contribution in [0.4, 0.5) is 0 Å². The van der Waals surface area contributed by atoms with E-state index < -0.39 is 0 Å². The van der Waals surface area contributed by atoms with Gasteiger partial charge >= 0.3 is 0 Å². The van der Waals surface area contributed by atoms with Crippen LogP contribution in [0.1, 0.15) is 52.4 Å². The fourth-order valence-corrected chi connectivity index (χ4v) is 2.67. The molecular weight excluding hydrogens is 240 g/mol. The monoisotopic (exact) mass is 270 g/mol. The van der Waals surface area contributed by atoms with E-state index in [1.54, 1.807) is 0 Å². The molecule has 4 nitrogen and oxygen atoms in total. The van der Waals surface area contributed by atoms with E-state index in [4.69, 9.17) is 10.5 Å². The summed E-state index contributed by atoms with van der Waals surface area (Å²) in [5.74, 6) is 1.04. The Bertz CT molecular complexity index is 251. The zero-order chi connectivity index (χ0) is 14.1. The second-order valence-electron chi connectivity index (χ2n) is 6.06. The van der Waals surface area contributed by atoms with Gasteiger partial charge in [-0.15, -0.1) is 0 Å². The highest BCUT2D eigenvalue weighted by Crippen LogP contribution is 2.16. The van der Waals surface area contributed by atoms with Gasteiger partial charge in [0, 0.05) is 19.6 Å². The number of hydrogen-bond acceptors (Lipinski definition) is 3. The van der Waals surface area contributed by atoms with Gasteiger partial charge in [0.2, 0.25) is 5.91 Å². The molecule has 0 aromatic carbocycles. The van der Waals surface area contributed by atoms with Crippen molar-refractivity contribution in [2.75, 3.05) is 19.7 Å². The van der Waals surface area contributed by atoms with E-state index in [0.29, 0.717) is 30.9 Å². The van der Waals surface area contributed by atoms with E-state index in [9.17, 15) is 4.79 Å². The smallest absolute Gasteiger partial charge is 0.220 e. The van der Waals surface area contributed by atoms with Crippen molar-refractivity contribution in [1.82, 2.24) is 5.32 Å². The predicted octanol–water partition coefficient (Wildman–Crippen LogP) is 2.07. The summed E-state index contributed by atoms with van der Waals surface area (Å²) < 4.78 is 5.64. The third-order valence-corrected chi connectivity index (χ3v) is 3.67. The molecule has 0 aliphatic carbocycles. The molecule has 19 heavy (non-hydrogen) atoms. The van der Waals surface area contributed by atoms with E-state index in [-0.39, 0.29) is 5.91 Å². The van der Waals surface area contributed by atoms with Crippen LogP contribution in [0.5, 0.6) is 0 Å². The Hall–Kier alpha value is -0.610. The van der Waals surface area contributed by atoms with Gasteiger partial charge in [-0.05, 0) is 50.5 Å². The summed E-state index contributed by atoms with van der Waals surface area (Å²) in [7, 11) is 0. The minimum Gasteiger partial charge on any atom is -0.378 e. The van der Waals surface area contributed by atoms with Crippen molar-refractivity contribution in [2.24, 2.45) is 17.6 Å². The number of carbonyl (C=O) groups excluding carboxylic acids is 1. The molecule has 0 spiro atoms. The average Bonchev–Trinajstić information content (AvgIpc) is 2.38. The number of ether oxygens (including phenoxy) is 1. The molecule has 4 heteroatoms. The van der Waals surface area contributed by atoms with Crippen LogP contribution in [0.15, 0.2) is 0 Å². The van der Waals surface area contributed by atoms with Crippen molar-refractivity contribution in [3.05, 3.63) is 0 Å². The van der Waals surface area contributed by atoms with Crippen molar-refractivity contribution in [1.29, 1.82) is 0 Å². The van der Waals surface area contributed by atoms with Crippen molar-refractivity contribution in [2.45, 2.75) is 58.5 Å². The molecule has 0 bridgehead atoms. The summed E-state index contributed by atoms with van der Waals surface area (Å²) in [6.07, 6.45) is 6.42. The summed E-state index contributed by atoms with van der Waals surface area (Å²) in [4.78, 5) is 11.8. The molecule has 2 unspecified atom stereocenters. The van der Waals surface area contributed by atoms with Crippen LogP contribution in [0.3, 0.4) is 0 Å². The van der Waals surface area contributed by atoms with Crippen LogP contribution in [-0.2, 0) is 9.53 Å². The third-order valence-electron chi connectivity index (χ3n) is 3.67. The largest absolute Gasteiger partial charge is 0.378 e. The van der Waals surface area contributed by atoms with Crippen molar-refractivity contribution >= 4 is 5.91 Å². The number of amides is 1. The second kappa shape index (κ2) is 9.32. The maximum absolute atomic E-state index is 11.8. The second-order valence-corrected chi connectivity index (χ2v) is 6.06. The number of rotatable bonds is 8. The first-order chi connectivity index (χ1) is 9.11. The molecule has 112 valence electrons. The maximum Gasteiger partial charge on any atom is 0.220 e. The summed E-state index contributed by atoms with van der Waals surface area (Å²) in [6, 6.07) is 0. The van der Waals surface area contributed by atoms with Crippen LogP contribution in [-0.4, -0.2) is 31.7 Å². The minimum atomic E-state index is 0.131. The standard InChI is InChI=1S/C15H30N2O2/c1-12(2)9-13(11-16)10-15(18)17-7-6-14-5-3-4-8-19-14/h12-14H,3-11,16H2,1-2H3,(H,17,18). The number of carbonyl (C=O) groups is 1. The highest BCUT2D eigenvalue weighted by atomic mass is 16.5. The molecule has 1 fully saturated rings. The molecule has 1 amide bonds. The Labute approximate surface area is 117 Å². The summed E-state index contributed by atoms with van der Waals surface area (Å²) in [5, 5.41) is 2.99. The Morgan fingerprint density at radius 3 is 2.79 bits per heavy atom. The normalized spacial score (nSPS) is 21.4. The molecule has 3 N–H and O–H groups in total. The van der Waals surface area contributed by atoms with E-state index >= 15 is 0 Å². The Morgan fingerprint density at radius 1 is 1.42 bits per heavy atom. The van der Waals surface area contributed by atoms with E-state index in [0.717, 1.165) is 32.4 Å². The van der Waals surface area contributed by atoms with Gasteiger partial charge in [-0.2, -0.15) is 0 Å². The molecule has 0 aromatic rings.